The van der Waals surface area contributed by atoms with Gasteiger partial charge < -0.3 is 10.4 Å². The standard InChI is InChI=1S/C17H13N5O2S2/c23-17(24)8-1-3-10-12(5-8)25-16-14(10)15(18-7-19-16)20-9-2-4-11-13(6-9)26-22-21-11/h2,4,6-8H,1,3,5H2,(H,23,24)(H,18,19,20)/t8-/m0/s1. The number of aryl methyl sites for hydroxylation is 1. The van der Waals surface area contributed by atoms with E-state index in [4.69, 9.17) is 0 Å². The summed E-state index contributed by atoms with van der Waals surface area (Å²) < 4.78 is 4.97. The van der Waals surface area contributed by atoms with Crippen LogP contribution in [0, 0.1) is 5.92 Å². The van der Waals surface area contributed by atoms with Crippen LogP contribution >= 0.6 is 22.9 Å². The van der Waals surface area contributed by atoms with E-state index in [1.54, 1.807) is 17.7 Å². The van der Waals surface area contributed by atoms with E-state index in [0.29, 0.717) is 12.8 Å². The van der Waals surface area contributed by atoms with Crippen LogP contribution in [0.1, 0.15) is 16.9 Å². The molecule has 130 valence electrons. The van der Waals surface area contributed by atoms with E-state index in [1.807, 2.05) is 18.2 Å². The molecule has 3 heterocycles. The summed E-state index contributed by atoms with van der Waals surface area (Å²) in [6, 6.07) is 5.89. The third-order valence-corrected chi connectivity index (χ3v) is 6.55. The minimum absolute atomic E-state index is 0.304. The number of carboxylic acids is 1. The van der Waals surface area contributed by atoms with Gasteiger partial charge in [-0.3, -0.25) is 4.79 Å². The number of benzene rings is 1. The molecule has 1 aliphatic rings. The first-order chi connectivity index (χ1) is 12.7. The number of thiophene rings is 1. The first kappa shape index (κ1) is 15.6. The predicted octanol–water partition coefficient (Wildman–Crippen LogP) is 3.63. The van der Waals surface area contributed by atoms with Gasteiger partial charge in [0.2, 0.25) is 0 Å². The van der Waals surface area contributed by atoms with Crippen LogP contribution in [0.2, 0.25) is 0 Å². The first-order valence-electron chi connectivity index (χ1n) is 8.16. The van der Waals surface area contributed by atoms with Crippen molar-refractivity contribution in [3.63, 3.8) is 0 Å². The number of nitrogens with one attached hydrogen (secondary N) is 1. The summed E-state index contributed by atoms with van der Waals surface area (Å²) in [4.78, 5) is 22.2. The third-order valence-electron chi connectivity index (χ3n) is 4.70. The Morgan fingerprint density at radius 3 is 3.12 bits per heavy atom. The summed E-state index contributed by atoms with van der Waals surface area (Å²) in [5.74, 6) is -0.261. The maximum atomic E-state index is 11.3. The third kappa shape index (κ3) is 2.51. The van der Waals surface area contributed by atoms with Crippen molar-refractivity contribution < 1.29 is 9.90 Å². The number of fused-ring (bicyclic) bond motifs is 4. The van der Waals surface area contributed by atoms with Gasteiger partial charge in [0.15, 0.2) is 0 Å². The van der Waals surface area contributed by atoms with Crippen LogP contribution in [0.4, 0.5) is 11.5 Å². The fraction of sp³-hybridized carbons (Fsp3) is 0.235. The van der Waals surface area contributed by atoms with Gasteiger partial charge >= 0.3 is 5.97 Å². The molecule has 9 heteroatoms. The summed E-state index contributed by atoms with van der Waals surface area (Å²) in [6.07, 6.45) is 3.52. The zero-order chi connectivity index (χ0) is 17.7. The van der Waals surface area contributed by atoms with Crippen molar-refractivity contribution in [1.29, 1.82) is 0 Å². The van der Waals surface area contributed by atoms with E-state index in [9.17, 15) is 9.90 Å². The van der Waals surface area contributed by atoms with E-state index < -0.39 is 5.97 Å². The zero-order valence-electron chi connectivity index (χ0n) is 13.5. The highest BCUT2D eigenvalue weighted by molar-refractivity contribution is 7.19. The van der Waals surface area contributed by atoms with Gasteiger partial charge in [0.25, 0.3) is 0 Å². The van der Waals surface area contributed by atoms with E-state index >= 15 is 0 Å². The molecular weight excluding hydrogens is 370 g/mol. The molecule has 1 aromatic carbocycles. The van der Waals surface area contributed by atoms with Crippen LogP contribution in [0.25, 0.3) is 20.4 Å². The van der Waals surface area contributed by atoms with Crippen LogP contribution in [0.15, 0.2) is 24.5 Å². The van der Waals surface area contributed by atoms with E-state index in [2.05, 4.69) is 24.9 Å². The number of aliphatic carboxylic acids is 1. The maximum absolute atomic E-state index is 11.3. The molecule has 0 unspecified atom stereocenters. The number of nitrogens with zero attached hydrogens (tertiary/aromatic N) is 4. The fourth-order valence-corrected chi connectivity index (χ4v) is 5.27. The molecule has 7 nitrogen and oxygen atoms in total. The van der Waals surface area contributed by atoms with Gasteiger partial charge in [-0.2, -0.15) is 0 Å². The SMILES string of the molecule is O=C(O)[C@H]1CCc2c(sc3ncnc(Nc4ccc5nnsc5c4)c23)C1. The lowest BCUT2D eigenvalue weighted by atomic mass is 9.88. The van der Waals surface area contributed by atoms with Gasteiger partial charge in [-0.15, -0.1) is 16.4 Å². The molecule has 0 amide bonds. The quantitative estimate of drug-likeness (QED) is 0.557. The molecule has 1 aliphatic carbocycles. The van der Waals surface area contributed by atoms with Crippen LogP contribution in [-0.4, -0.2) is 30.6 Å². The van der Waals surface area contributed by atoms with Crippen molar-refractivity contribution in [1.82, 2.24) is 19.6 Å². The van der Waals surface area contributed by atoms with Gasteiger partial charge in [-0.05, 0) is 54.6 Å². The van der Waals surface area contributed by atoms with Crippen molar-refractivity contribution >= 4 is 60.8 Å². The first-order valence-corrected chi connectivity index (χ1v) is 9.75. The normalized spacial score (nSPS) is 16.7. The summed E-state index contributed by atoms with van der Waals surface area (Å²) in [5.41, 5.74) is 2.98. The molecule has 5 rings (SSSR count). The number of hydrogen-bond acceptors (Lipinski definition) is 8. The molecule has 26 heavy (non-hydrogen) atoms. The number of rotatable bonds is 3. The van der Waals surface area contributed by atoms with Gasteiger partial charge in [0.05, 0.1) is 16.0 Å². The summed E-state index contributed by atoms with van der Waals surface area (Å²) in [5, 5.41) is 17.8. The molecule has 3 aromatic heterocycles. The lowest BCUT2D eigenvalue weighted by Gasteiger charge is -2.18. The second kappa shape index (κ2) is 5.96. The molecule has 0 fully saturated rings. The Kier molecular flexibility index (Phi) is 3.57. The lowest BCUT2D eigenvalue weighted by molar-refractivity contribution is -0.142. The van der Waals surface area contributed by atoms with Gasteiger partial charge in [-0.25, -0.2) is 9.97 Å². The largest absolute Gasteiger partial charge is 0.481 e. The molecular formula is C17H13N5O2S2. The second-order valence-corrected chi connectivity index (χ2v) is 8.13. The van der Waals surface area contributed by atoms with Crippen LogP contribution in [-0.2, 0) is 17.6 Å². The molecule has 0 aliphatic heterocycles. The molecule has 4 aromatic rings. The molecule has 0 spiro atoms. The zero-order valence-corrected chi connectivity index (χ0v) is 15.1. The summed E-state index contributed by atoms with van der Waals surface area (Å²) in [7, 11) is 0. The van der Waals surface area contributed by atoms with E-state index in [1.165, 1.54) is 17.1 Å². The van der Waals surface area contributed by atoms with E-state index in [0.717, 1.165) is 43.2 Å². The highest BCUT2D eigenvalue weighted by Gasteiger charge is 2.28. The summed E-state index contributed by atoms with van der Waals surface area (Å²) >= 11 is 2.93. The lowest BCUT2D eigenvalue weighted by Crippen LogP contribution is -2.21. The summed E-state index contributed by atoms with van der Waals surface area (Å²) in [6.45, 7) is 0. The number of carboxylic acid groups (broad SMARTS) is 1. The Balaban J connectivity index is 1.57. The van der Waals surface area contributed by atoms with Crippen molar-refractivity contribution in [2.45, 2.75) is 19.3 Å². The Hall–Kier alpha value is -2.65. The Bertz CT molecular complexity index is 1150. The molecule has 0 saturated heterocycles. The van der Waals surface area contributed by atoms with E-state index in [-0.39, 0.29) is 5.92 Å². The van der Waals surface area contributed by atoms with Crippen LogP contribution in [0.5, 0.6) is 0 Å². The monoisotopic (exact) mass is 383 g/mol. The number of anilines is 2. The topological polar surface area (TPSA) is 101 Å². The Labute approximate surface area is 155 Å². The predicted molar refractivity (Wildman–Crippen MR) is 101 cm³/mol. The fourth-order valence-electron chi connectivity index (χ4n) is 3.41. The molecule has 2 N–H and O–H groups in total. The minimum Gasteiger partial charge on any atom is -0.481 e. The second-order valence-electron chi connectivity index (χ2n) is 6.26. The van der Waals surface area contributed by atoms with Crippen molar-refractivity contribution in [2.24, 2.45) is 5.92 Å². The number of hydrogen-bond donors (Lipinski definition) is 2. The highest BCUT2D eigenvalue weighted by Crippen LogP contribution is 2.40. The molecule has 0 bridgehead atoms. The highest BCUT2D eigenvalue weighted by atomic mass is 32.1. The number of aromatic nitrogens is 4. The smallest absolute Gasteiger partial charge is 0.306 e. The Morgan fingerprint density at radius 2 is 2.23 bits per heavy atom. The minimum atomic E-state index is -0.719. The van der Waals surface area contributed by atoms with Gasteiger partial charge in [0.1, 0.15) is 22.5 Å². The van der Waals surface area contributed by atoms with Gasteiger partial charge in [-0.1, -0.05) is 4.49 Å². The van der Waals surface area contributed by atoms with Crippen molar-refractivity contribution in [3.05, 3.63) is 35.0 Å². The van der Waals surface area contributed by atoms with Crippen molar-refractivity contribution in [2.75, 3.05) is 5.32 Å². The van der Waals surface area contributed by atoms with Crippen molar-refractivity contribution in [3.8, 4) is 0 Å². The van der Waals surface area contributed by atoms with Crippen LogP contribution in [0.3, 0.4) is 0 Å². The average molecular weight is 383 g/mol. The number of carbonyl (C=O) groups is 1. The Morgan fingerprint density at radius 1 is 1.31 bits per heavy atom. The molecule has 0 saturated carbocycles. The van der Waals surface area contributed by atoms with Gasteiger partial charge in [0, 0.05) is 10.6 Å². The maximum Gasteiger partial charge on any atom is 0.306 e. The van der Waals surface area contributed by atoms with Crippen LogP contribution < -0.4 is 5.32 Å². The molecule has 1 atom stereocenters. The average Bonchev–Trinajstić information content (AvgIpc) is 3.25. The molecule has 0 radical (unpaired) electrons.